The normalized spacial score (nSPS) is 14.5. The maximum atomic E-state index is 13.4. The van der Waals surface area contributed by atoms with Gasteiger partial charge in [-0.15, -0.1) is 5.10 Å². The van der Waals surface area contributed by atoms with Gasteiger partial charge in [-0.1, -0.05) is 24.3 Å². The van der Waals surface area contributed by atoms with Crippen molar-refractivity contribution in [2.45, 2.75) is 57.8 Å². The number of hydrogen-bond donors (Lipinski definition) is 0. The van der Waals surface area contributed by atoms with E-state index in [2.05, 4.69) is 25.0 Å². The summed E-state index contributed by atoms with van der Waals surface area (Å²) < 4.78 is 54.6. The van der Waals surface area contributed by atoms with Crippen molar-refractivity contribution in [3.8, 4) is 34.5 Å². The summed E-state index contributed by atoms with van der Waals surface area (Å²) in [5.41, 5.74) is 2.59. The zero-order valence-electron chi connectivity index (χ0n) is 23.7. The number of alkyl halides is 3. The molecule has 4 heterocycles. The molecule has 1 aliphatic carbocycles. The van der Waals surface area contributed by atoms with E-state index in [1.54, 1.807) is 30.1 Å². The number of hydrogen-bond acceptors (Lipinski definition) is 8. The summed E-state index contributed by atoms with van der Waals surface area (Å²) in [5.74, 6) is 1.77. The molecule has 0 amide bonds. The maximum absolute atomic E-state index is 13.4. The number of benzene rings is 1. The molecule has 5 aromatic rings. The number of methoxy groups -OCH3 is 2. The van der Waals surface area contributed by atoms with Crippen molar-refractivity contribution in [1.29, 1.82) is 0 Å². The molecule has 0 aliphatic heterocycles. The van der Waals surface area contributed by atoms with Gasteiger partial charge in [0.25, 0.3) is 0 Å². The highest BCUT2D eigenvalue weighted by atomic mass is 19.4. The Morgan fingerprint density at radius 1 is 0.929 bits per heavy atom. The standard InChI is InChI=1S/C29H29F3N8O2/c1-15(2)39-13-21(29(30,31)32)36-25(39)19-10-6-17(7-11-19)16(3)40-26-20(27(38-40)41-4)12-33-24(37-26)22-23(18-8-9-18)34-14-35-28(22)42-5/h6-7,10-16,18H,8-9H2,1-5H3. The molecule has 6 rings (SSSR count). The van der Waals surface area contributed by atoms with Crippen LogP contribution >= 0.6 is 0 Å². The van der Waals surface area contributed by atoms with E-state index in [4.69, 9.17) is 14.5 Å². The van der Waals surface area contributed by atoms with Gasteiger partial charge in [0, 0.05) is 29.9 Å². The lowest BCUT2D eigenvalue weighted by molar-refractivity contribution is -0.140. The van der Waals surface area contributed by atoms with Gasteiger partial charge in [-0.3, -0.25) is 0 Å². The molecule has 0 bridgehead atoms. The number of rotatable bonds is 8. The number of nitrogens with zero attached hydrogens (tertiary/aromatic N) is 8. The fourth-order valence-electron chi connectivity index (χ4n) is 5.04. The average Bonchev–Trinajstić information content (AvgIpc) is 3.61. The molecule has 1 aromatic carbocycles. The van der Waals surface area contributed by atoms with Crippen molar-refractivity contribution < 1.29 is 22.6 Å². The molecule has 1 unspecified atom stereocenters. The Morgan fingerprint density at radius 2 is 1.64 bits per heavy atom. The van der Waals surface area contributed by atoms with Gasteiger partial charge >= 0.3 is 6.18 Å². The molecule has 218 valence electrons. The predicted octanol–water partition coefficient (Wildman–Crippen LogP) is 6.25. The van der Waals surface area contributed by atoms with Gasteiger partial charge in [0.2, 0.25) is 11.8 Å². The van der Waals surface area contributed by atoms with Crippen LogP contribution in [0.5, 0.6) is 11.8 Å². The third kappa shape index (κ3) is 4.82. The maximum Gasteiger partial charge on any atom is 0.434 e. The zero-order valence-corrected chi connectivity index (χ0v) is 23.7. The molecule has 0 N–H and O–H groups in total. The monoisotopic (exact) mass is 578 g/mol. The van der Waals surface area contributed by atoms with Crippen LogP contribution < -0.4 is 9.47 Å². The van der Waals surface area contributed by atoms with E-state index >= 15 is 0 Å². The average molecular weight is 579 g/mol. The minimum atomic E-state index is -4.53. The Bertz CT molecular complexity index is 1760. The Balaban J connectivity index is 1.40. The lowest BCUT2D eigenvalue weighted by Crippen LogP contribution is -2.10. The summed E-state index contributed by atoms with van der Waals surface area (Å²) in [4.78, 5) is 22.2. The van der Waals surface area contributed by atoms with E-state index in [9.17, 15) is 13.2 Å². The van der Waals surface area contributed by atoms with Crippen LogP contribution in [0.3, 0.4) is 0 Å². The Kier molecular flexibility index (Phi) is 6.82. The summed E-state index contributed by atoms with van der Waals surface area (Å²) >= 11 is 0. The van der Waals surface area contributed by atoms with Crippen molar-refractivity contribution in [3.05, 3.63) is 59.9 Å². The van der Waals surface area contributed by atoms with Crippen molar-refractivity contribution in [2.24, 2.45) is 0 Å². The first-order valence-corrected chi connectivity index (χ1v) is 13.6. The largest absolute Gasteiger partial charge is 0.480 e. The van der Waals surface area contributed by atoms with Crippen molar-refractivity contribution in [2.75, 3.05) is 14.2 Å². The van der Waals surface area contributed by atoms with Gasteiger partial charge in [0.15, 0.2) is 17.2 Å². The van der Waals surface area contributed by atoms with Gasteiger partial charge in [0.05, 0.1) is 26.0 Å². The van der Waals surface area contributed by atoms with Crippen molar-refractivity contribution in [3.63, 3.8) is 0 Å². The van der Waals surface area contributed by atoms with Gasteiger partial charge in [-0.05, 0) is 39.2 Å². The van der Waals surface area contributed by atoms with E-state index in [1.807, 2.05) is 32.9 Å². The first-order valence-electron chi connectivity index (χ1n) is 13.6. The Labute approximate surface area is 239 Å². The number of ether oxygens (including phenoxy) is 2. The third-order valence-electron chi connectivity index (χ3n) is 7.43. The summed E-state index contributed by atoms with van der Waals surface area (Å²) in [5, 5.41) is 5.30. The highest BCUT2D eigenvalue weighted by molar-refractivity contribution is 5.83. The highest BCUT2D eigenvalue weighted by Crippen LogP contribution is 2.45. The summed E-state index contributed by atoms with van der Waals surface area (Å²) in [6.45, 7) is 5.60. The minimum absolute atomic E-state index is 0.201. The van der Waals surface area contributed by atoms with Crippen LogP contribution in [0.4, 0.5) is 13.2 Å². The molecule has 13 heteroatoms. The molecule has 0 saturated heterocycles. The number of fused-ring (bicyclic) bond motifs is 1. The zero-order chi connectivity index (χ0) is 29.8. The Hall–Kier alpha value is -4.55. The summed E-state index contributed by atoms with van der Waals surface area (Å²) in [6, 6.07) is 6.74. The molecular formula is C29H29F3N8O2. The van der Waals surface area contributed by atoms with Crippen LogP contribution in [0.1, 0.15) is 68.6 Å². The molecule has 42 heavy (non-hydrogen) atoms. The fraction of sp³-hybridized carbons (Fsp3) is 0.379. The third-order valence-corrected chi connectivity index (χ3v) is 7.43. The summed E-state index contributed by atoms with van der Waals surface area (Å²) in [7, 11) is 3.09. The van der Waals surface area contributed by atoms with E-state index < -0.39 is 11.9 Å². The van der Waals surface area contributed by atoms with Crippen molar-refractivity contribution in [1.82, 2.24) is 39.3 Å². The van der Waals surface area contributed by atoms with Crippen LogP contribution in [-0.2, 0) is 6.18 Å². The first kappa shape index (κ1) is 27.6. The van der Waals surface area contributed by atoms with E-state index in [0.717, 1.165) is 30.3 Å². The van der Waals surface area contributed by atoms with Crippen LogP contribution in [0, 0.1) is 0 Å². The van der Waals surface area contributed by atoms with Crippen LogP contribution in [0.15, 0.2) is 43.0 Å². The second-order valence-electron chi connectivity index (χ2n) is 10.5. The van der Waals surface area contributed by atoms with E-state index in [1.165, 1.54) is 18.0 Å². The number of halogens is 3. The molecule has 10 nitrogen and oxygen atoms in total. The van der Waals surface area contributed by atoms with Gasteiger partial charge < -0.3 is 14.0 Å². The van der Waals surface area contributed by atoms with Crippen LogP contribution in [0.2, 0.25) is 0 Å². The molecule has 0 radical (unpaired) electrons. The SMILES string of the molecule is COc1ncnc(C2CC2)c1-c1ncc2c(OC)nn(C(C)c3ccc(-c4nc(C(F)(F)F)cn4C(C)C)cc3)c2n1. The molecule has 1 fully saturated rings. The second kappa shape index (κ2) is 10.4. The summed E-state index contributed by atoms with van der Waals surface area (Å²) in [6.07, 6.45) is 1.75. The Morgan fingerprint density at radius 3 is 2.26 bits per heavy atom. The van der Waals surface area contributed by atoms with Crippen LogP contribution in [-0.4, -0.2) is 53.5 Å². The quantitative estimate of drug-likeness (QED) is 0.213. The van der Waals surface area contributed by atoms with E-state index in [-0.39, 0.29) is 17.9 Å². The molecule has 1 atom stereocenters. The lowest BCUT2D eigenvalue weighted by Gasteiger charge is -2.15. The minimum Gasteiger partial charge on any atom is -0.480 e. The molecule has 0 spiro atoms. The second-order valence-corrected chi connectivity index (χ2v) is 10.5. The molecule has 1 saturated carbocycles. The van der Waals surface area contributed by atoms with Gasteiger partial charge in [-0.25, -0.2) is 29.6 Å². The fourth-order valence-corrected chi connectivity index (χ4v) is 5.04. The predicted molar refractivity (Wildman–Crippen MR) is 148 cm³/mol. The molecular weight excluding hydrogens is 549 g/mol. The van der Waals surface area contributed by atoms with Gasteiger partial charge in [-0.2, -0.15) is 13.2 Å². The van der Waals surface area contributed by atoms with Crippen LogP contribution in [0.25, 0.3) is 33.8 Å². The number of imidazole rings is 1. The topological polar surface area (TPSA) is 106 Å². The molecule has 4 aromatic heterocycles. The number of aromatic nitrogens is 8. The van der Waals surface area contributed by atoms with E-state index in [0.29, 0.717) is 45.7 Å². The smallest absolute Gasteiger partial charge is 0.434 e. The van der Waals surface area contributed by atoms with Gasteiger partial charge in [0.1, 0.15) is 23.1 Å². The lowest BCUT2D eigenvalue weighted by atomic mass is 10.1. The first-order chi connectivity index (χ1) is 20.1. The molecule has 1 aliphatic rings. The highest BCUT2D eigenvalue weighted by Gasteiger charge is 2.35. The van der Waals surface area contributed by atoms with Crippen molar-refractivity contribution >= 4 is 11.0 Å².